The van der Waals surface area contributed by atoms with E-state index < -0.39 is 0 Å². The molecule has 1 fully saturated rings. The number of hydrogen-bond donors (Lipinski definition) is 0. The quantitative estimate of drug-likeness (QED) is 0.805. The molecule has 2 heterocycles. The van der Waals surface area contributed by atoms with Crippen LogP contribution in [-0.4, -0.2) is 53.4 Å². The molecule has 1 amide bonds. The molecule has 7 heteroatoms. The minimum Gasteiger partial charge on any atom is -0.369 e. The highest BCUT2D eigenvalue weighted by Crippen LogP contribution is 2.19. The lowest BCUT2D eigenvalue weighted by Crippen LogP contribution is -2.44. The second-order valence-electron chi connectivity index (χ2n) is 4.90. The van der Waals surface area contributed by atoms with E-state index in [4.69, 9.17) is 14.0 Å². The molecule has 1 aromatic rings. The van der Waals surface area contributed by atoms with Gasteiger partial charge in [-0.05, 0) is 13.3 Å². The van der Waals surface area contributed by atoms with Crippen molar-refractivity contribution >= 4 is 5.91 Å². The summed E-state index contributed by atoms with van der Waals surface area (Å²) in [4.78, 5) is 17.9. The van der Waals surface area contributed by atoms with E-state index in [0.29, 0.717) is 31.4 Å². The van der Waals surface area contributed by atoms with Gasteiger partial charge in [-0.2, -0.15) is 4.98 Å². The monoisotopic (exact) mass is 283 g/mol. The smallest absolute Gasteiger partial charge is 0.248 e. The van der Waals surface area contributed by atoms with Gasteiger partial charge in [-0.3, -0.25) is 4.79 Å². The van der Waals surface area contributed by atoms with Crippen LogP contribution in [-0.2, 0) is 14.3 Å². The molecule has 0 bridgehead atoms. The van der Waals surface area contributed by atoms with Crippen molar-refractivity contribution in [2.45, 2.75) is 39.4 Å². The van der Waals surface area contributed by atoms with Crippen LogP contribution in [0.4, 0.5) is 0 Å². The van der Waals surface area contributed by atoms with Crippen LogP contribution >= 0.6 is 0 Å². The molecule has 0 saturated carbocycles. The molecule has 112 valence electrons. The van der Waals surface area contributed by atoms with Gasteiger partial charge in [0.05, 0.1) is 19.3 Å². The van der Waals surface area contributed by atoms with Crippen LogP contribution in [0.15, 0.2) is 4.52 Å². The van der Waals surface area contributed by atoms with Gasteiger partial charge in [0.1, 0.15) is 12.7 Å². The van der Waals surface area contributed by atoms with Gasteiger partial charge < -0.3 is 18.9 Å². The summed E-state index contributed by atoms with van der Waals surface area (Å²) >= 11 is 0. The van der Waals surface area contributed by atoms with Gasteiger partial charge in [0.25, 0.3) is 0 Å². The van der Waals surface area contributed by atoms with Crippen LogP contribution < -0.4 is 0 Å². The molecule has 2 atom stereocenters. The first-order chi connectivity index (χ1) is 9.60. The average Bonchev–Trinajstić information content (AvgIpc) is 2.91. The fraction of sp³-hybridized carbons (Fsp3) is 0.769. The Balaban J connectivity index is 1.88. The molecule has 7 nitrogen and oxygen atoms in total. The van der Waals surface area contributed by atoms with E-state index in [9.17, 15) is 4.79 Å². The maximum Gasteiger partial charge on any atom is 0.248 e. The number of amides is 1. The molecule has 1 aliphatic heterocycles. The summed E-state index contributed by atoms with van der Waals surface area (Å²) in [5, 5.41) is 3.84. The van der Waals surface area contributed by atoms with Crippen LogP contribution in [0.1, 0.15) is 38.1 Å². The number of carbonyl (C=O) groups excluding carboxylic acids is 1. The first kappa shape index (κ1) is 14.9. The Morgan fingerprint density at radius 1 is 1.60 bits per heavy atom. The van der Waals surface area contributed by atoms with E-state index in [2.05, 4.69) is 10.1 Å². The Bertz CT molecular complexity index is 449. The zero-order chi connectivity index (χ0) is 14.5. The van der Waals surface area contributed by atoms with Gasteiger partial charge >= 0.3 is 0 Å². The van der Waals surface area contributed by atoms with E-state index in [0.717, 1.165) is 6.42 Å². The Labute approximate surface area is 118 Å². The SMILES string of the molecule is CCC(C)OCC(=O)N1CCOC(c2noc(C)n2)C1. The van der Waals surface area contributed by atoms with Crippen molar-refractivity contribution in [3.63, 3.8) is 0 Å². The van der Waals surface area contributed by atoms with E-state index >= 15 is 0 Å². The van der Waals surface area contributed by atoms with Crippen molar-refractivity contribution in [1.29, 1.82) is 0 Å². The predicted octanol–water partition coefficient (Wildman–Crippen LogP) is 1.09. The van der Waals surface area contributed by atoms with Gasteiger partial charge in [-0.25, -0.2) is 0 Å². The third-order valence-corrected chi connectivity index (χ3v) is 3.32. The van der Waals surface area contributed by atoms with E-state index in [1.165, 1.54) is 0 Å². The number of aromatic nitrogens is 2. The molecule has 0 radical (unpaired) electrons. The zero-order valence-electron chi connectivity index (χ0n) is 12.2. The molecule has 0 N–H and O–H groups in total. The van der Waals surface area contributed by atoms with Crippen molar-refractivity contribution in [3.05, 3.63) is 11.7 Å². The van der Waals surface area contributed by atoms with Crippen molar-refractivity contribution in [1.82, 2.24) is 15.0 Å². The second-order valence-corrected chi connectivity index (χ2v) is 4.90. The van der Waals surface area contributed by atoms with Gasteiger partial charge in [-0.15, -0.1) is 0 Å². The predicted molar refractivity (Wildman–Crippen MR) is 70.0 cm³/mol. The molecule has 1 aliphatic rings. The standard InChI is InChI=1S/C13H21N3O4/c1-4-9(2)19-8-12(17)16-5-6-18-11(7-16)13-14-10(3)20-15-13/h9,11H,4-8H2,1-3H3. The molecular formula is C13H21N3O4. The van der Waals surface area contributed by atoms with Crippen LogP contribution in [0.25, 0.3) is 0 Å². The minimum atomic E-state index is -0.325. The number of carbonyl (C=O) groups is 1. The summed E-state index contributed by atoms with van der Waals surface area (Å²) in [7, 11) is 0. The molecular weight excluding hydrogens is 262 g/mol. The molecule has 2 unspecified atom stereocenters. The first-order valence-electron chi connectivity index (χ1n) is 6.91. The molecule has 0 aromatic carbocycles. The Morgan fingerprint density at radius 2 is 2.40 bits per heavy atom. The van der Waals surface area contributed by atoms with Gasteiger partial charge in [0.2, 0.25) is 17.6 Å². The van der Waals surface area contributed by atoms with Crippen LogP contribution in [0.5, 0.6) is 0 Å². The van der Waals surface area contributed by atoms with Crippen LogP contribution in [0.3, 0.4) is 0 Å². The number of nitrogens with zero attached hydrogens (tertiary/aromatic N) is 3. The second kappa shape index (κ2) is 6.81. The van der Waals surface area contributed by atoms with Crippen molar-refractivity contribution in [2.75, 3.05) is 26.3 Å². The van der Waals surface area contributed by atoms with Crippen molar-refractivity contribution < 1.29 is 18.8 Å². The zero-order valence-corrected chi connectivity index (χ0v) is 12.2. The summed E-state index contributed by atoms with van der Waals surface area (Å²) < 4.78 is 16.0. The Hall–Kier alpha value is -1.47. The highest BCUT2D eigenvalue weighted by Gasteiger charge is 2.28. The topological polar surface area (TPSA) is 77.7 Å². The highest BCUT2D eigenvalue weighted by atomic mass is 16.5. The lowest BCUT2D eigenvalue weighted by Gasteiger charge is -2.31. The highest BCUT2D eigenvalue weighted by molar-refractivity contribution is 5.77. The number of ether oxygens (including phenoxy) is 2. The third-order valence-electron chi connectivity index (χ3n) is 3.32. The van der Waals surface area contributed by atoms with Crippen LogP contribution in [0, 0.1) is 6.92 Å². The number of rotatable bonds is 5. The van der Waals surface area contributed by atoms with Gasteiger partial charge in [-0.1, -0.05) is 12.1 Å². The van der Waals surface area contributed by atoms with E-state index in [1.807, 2.05) is 13.8 Å². The maximum absolute atomic E-state index is 12.1. The Morgan fingerprint density at radius 3 is 3.05 bits per heavy atom. The summed E-state index contributed by atoms with van der Waals surface area (Å²) in [6.07, 6.45) is 0.658. The van der Waals surface area contributed by atoms with E-state index in [1.54, 1.807) is 11.8 Å². The number of hydrogen-bond acceptors (Lipinski definition) is 6. The lowest BCUT2D eigenvalue weighted by molar-refractivity contribution is -0.145. The summed E-state index contributed by atoms with van der Waals surface area (Å²) in [5.41, 5.74) is 0. The van der Waals surface area contributed by atoms with Crippen molar-refractivity contribution in [3.8, 4) is 0 Å². The molecule has 2 rings (SSSR count). The average molecular weight is 283 g/mol. The fourth-order valence-electron chi connectivity index (χ4n) is 1.90. The van der Waals surface area contributed by atoms with E-state index in [-0.39, 0.29) is 24.7 Å². The maximum atomic E-state index is 12.1. The molecule has 0 aliphatic carbocycles. The Kier molecular flexibility index (Phi) is 5.08. The number of aryl methyl sites for hydroxylation is 1. The minimum absolute atomic E-state index is 0.0289. The normalized spacial score (nSPS) is 20.9. The third kappa shape index (κ3) is 3.77. The molecule has 20 heavy (non-hydrogen) atoms. The molecule has 0 spiro atoms. The molecule has 1 saturated heterocycles. The number of morpholine rings is 1. The lowest BCUT2D eigenvalue weighted by atomic mass is 10.2. The van der Waals surface area contributed by atoms with Crippen LogP contribution in [0.2, 0.25) is 0 Å². The van der Waals surface area contributed by atoms with Gasteiger partial charge in [0, 0.05) is 13.5 Å². The summed E-state index contributed by atoms with van der Waals surface area (Å²) in [6, 6.07) is 0. The fourth-order valence-corrected chi connectivity index (χ4v) is 1.90. The largest absolute Gasteiger partial charge is 0.369 e. The van der Waals surface area contributed by atoms with Crippen molar-refractivity contribution in [2.24, 2.45) is 0 Å². The summed E-state index contributed by atoms with van der Waals surface area (Å²) in [6.45, 7) is 7.27. The first-order valence-corrected chi connectivity index (χ1v) is 6.91. The van der Waals surface area contributed by atoms with Gasteiger partial charge in [0.15, 0.2) is 0 Å². The molecule has 1 aromatic heterocycles. The summed E-state index contributed by atoms with van der Waals surface area (Å²) in [5.74, 6) is 0.953.